The maximum absolute atomic E-state index is 13.9. The number of ether oxygens (including phenoxy) is 2. The molecule has 1 unspecified atom stereocenters. The maximum Gasteiger partial charge on any atom is 0.338 e. The van der Waals surface area contributed by atoms with Crippen LogP contribution in [0.15, 0.2) is 78.9 Å². The van der Waals surface area contributed by atoms with E-state index in [0.29, 0.717) is 35.2 Å². The largest absolute Gasteiger partial charge is 0.494 e. The molecule has 2 amide bonds. The zero-order chi connectivity index (χ0) is 33.2. The van der Waals surface area contributed by atoms with Gasteiger partial charge in [-0.1, -0.05) is 30.3 Å². The Bertz CT molecular complexity index is 1510. The van der Waals surface area contributed by atoms with Crippen molar-refractivity contribution in [1.29, 1.82) is 0 Å². The minimum Gasteiger partial charge on any atom is -0.494 e. The quantitative estimate of drug-likeness (QED) is 0.194. The first-order valence-corrected chi connectivity index (χ1v) is 16.7. The molecule has 3 aromatic carbocycles. The molecule has 1 N–H and O–H groups in total. The highest BCUT2D eigenvalue weighted by Crippen LogP contribution is 2.28. The number of carbonyl (C=O) groups excluding carboxylic acids is 3. The summed E-state index contributed by atoms with van der Waals surface area (Å²) >= 11 is 5.87. The van der Waals surface area contributed by atoms with Crippen LogP contribution in [0.1, 0.15) is 42.6 Å². The van der Waals surface area contributed by atoms with Gasteiger partial charge in [0.25, 0.3) is 5.91 Å². The molecule has 2 heterocycles. The highest BCUT2D eigenvalue weighted by Gasteiger charge is 2.44. The van der Waals surface area contributed by atoms with Gasteiger partial charge in [-0.2, -0.15) is 0 Å². The summed E-state index contributed by atoms with van der Waals surface area (Å²) in [5, 5.41) is 3.26. The van der Waals surface area contributed by atoms with Gasteiger partial charge in [0.2, 0.25) is 5.91 Å². The number of amides is 2. The third kappa shape index (κ3) is 8.94. The number of benzene rings is 3. The molecule has 0 aromatic heterocycles. The van der Waals surface area contributed by atoms with Gasteiger partial charge in [-0.3, -0.25) is 19.4 Å². The lowest BCUT2D eigenvalue weighted by molar-refractivity contribution is -0.124. The Labute approximate surface area is 282 Å². The molecular formula is C36H43N5O5S. The molecule has 248 valence electrons. The van der Waals surface area contributed by atoms with Crippen molar-refractivity contribution in [3.8, 4) is 5.75 Å². The van der Waals surface area contributed by atoms with Crippen LogP contribution < -0.4 is 15.0 Å². The van der Waals surface area contributed by atoms with Crippen molar-refractivity contribution in [3.05, 3.63) is 90.0 Å². The second-order valence-electron chi connectivity index (χ2n) is 11.6. The lowest BCUT2D eigenvalue weighted by Gasteiger charge is -2.35. The van der Waals surface area contributed by atoms with E-state index in [1.807, 2.05) is 17.9 Å². The molecule has 2 aliphatic rings. The third-order valence-corrected chi connectivity index (χ3v) is 8.79. The van der Waals surface area contributed by atoms with Crippen molar-refractivity contribution in [2.24, 2.45) is 0 Å². The lowest BCUT2D eigenvalue weighted by atomic mass is 10.1. The highest BCUT2D eigenvalue weighted by atomic mass is 32.1. The number of rotatable bonds is 14. The minimum absolute atomic E-state index is 0.0538. The summed E-state index contributed by atoms with van der Waals surface area (Å²) in [7, 11) is 0. The van der Waals surface area contributed by atoms with E-state index in [1.165, 1.54) is 10.5 Å². The fraction of sp³-hybridized carbons (Fsp3) is 0.389. The Kier molecular flexibility index (Phi) is 11.9. The summed E-state index contributed by atoms with van der Waals surface area (Å²) in [6.45, 7) is 10.8. The van der Waals surface area contributed by atoms with Crippen molar-refractivity contribution in [2.75, 3.05) is 62.7 Å². The topological polar surface area (TPSA) is 94.7 Å². The average molecular weight is 658 g/mol. The smallest absolute Gasteiger partial charge is 0.338 e. The Hall–Kier alpha value is -4.32. The van der Waals surface area contributed by atoms with Crippen molar-refractivity contribution < 1.29 is 23.9 Å². The fourth-order valence-corrected chi connectivity index (χ4v) is 6.37. The van der Waals surface area contributed by atoms with Crippen LogP contribution in [0, 0.1) is 0 Å². The van der Waals surface area contributed by atoms with Crippen LogP contribution in [0.5, 0.6) is 5.75 Å². The summed E-state index contributed by atoms with van der Waals surface area (Å²) in [5.74, 6) is -0.263. The molecule has 2 aliphatic heterocycles. The average Bonchev–Trinajstić information content (AvgIpc) is 3.31. The number of esters is 1. The molecular weight excluding hydrogens is 614 g/mol. The SMILES string of the molecule is CCOC(=O)c1ccc(N2C(=O)C(CC(=O)Nc3ccc(OCC)cc3)N(CCCN3CCN(Cc4ccccc4)CC3)C2=S)cc1. The van der Waals surface area contributed by atoms with Gasteiger partial charge in [0.1, 0.15) is 11.8 Å². The first-order chi connectivity index (χ1) is 22.9. The van der Waals surface area contributed by atoms with Gasteiger partial charge in [0, 0.05) is 45.0 Å². The number of hydrogen-bond acceptors (Lipinski definition) is 8. The molecule has 10 nitrogen and oxygen atoms in total. The van der Waals surface area contributed by atoms with Gasteiger partial charge in [0.15, 0.2) is 5.11 Å². The van der Waals surface area contributed by atoms with Crippen molar-refractivity contribution in [2.45, 2.75) is 39.3 Å². The molecule has 2 fully saturated rings. The Morgan fingerprint density at radius 2 is 1.53 bits per heavy atom. The maximum atomic E-state index is 13.9. The molecule has 0 spiro atoms. The fourth-order valence-electron chi connectivity index (χ4n) is 5.95. The summed E-state index contributed by atoms with van der Waals surface area (Å²) in [4.78, 5) is 47.6. The molecule has 11 heteroatoms. The molecule has 1 atom stereocenters. The second kappa shape index (κ2) is 16.5. The number of piperazine rings is 1. The number of hydrogen-bond donors (Lipinski definition) is 1. The van der Waals surface area contributed by atoms with Gasteiger partial charge in [-0.25, -0.2) is 4.79 Å². The zero-order valence-electron chi connectivity index (χ0n) is 27.1. The Morgan fingerprint density at radius 1 is 0.851 bits per heavy atom. The molecule has 0 bridgehead atoms. The first kappa shape index (κ1) is 34.0. The number of thiocarbonyl (C=S) groups is 1. The van der Waals surface area contributed by atoms with E-state index in [2.05, 4.69) is 39.4 Å². The van der Waals surface area contributed by atoms with Crippen molar-refractivity contribution >= 4 is 46.5 Å². The second-order valence-corrected chi connectivity index (χ2v) is 12.0. The van der Waals surface area contributed by atoms with Crippen LogP contribution in [0.3, 0.4) is 0 Å². The predicted octanol–water partition coefficient (Wildman–Crippen LogP) is 4.80. The molecule has 3 aromatic rings. The molecule has 5 rings (SSSR count). The molecule has 2 saturated heterocycles. The van der Waals surface area contributed by atoms with E-state index < -0.39 is 12.0 Å². The van der Waals surface area contributed by atoms with Gasteiger partial charge >= 0.3 is 5.97 Å². The Morgan fingerprint density at radius 3 is 2.19 bits per heavy atom. The molecule has 0 aliphatic carbocycles. The van der Waals surface area contributed by atoms with E-state index in [4.69, 9.17) is 21.7 Å². The Balaban J connectivity index is 1.22. The molecule has 0 radical (unpaired) electrons. The normalized spacial score (nSPS) is 17.2. The van der Waals surface area contributed by atoms with Crippen molar-refractivity contribution in [3.63, 3.8) is 0 Å². The van der Waals surface area contributed by atoms with Gasteiger partial charge < -0.3 is 24.6 Å². The minimum atomic E-state index is -0.752. The number of nitrogens with one attached hydrogen (secondary N) is 1. The predicted molar refractivity (Wildman–Crippen MR) is 187 cm³/mol. The van der Waals surface area contributed by atoms with E-state index in [1.54, 1.807) is 55.5 Å². The number of nitrogens with zero attached hydrogens (tertiary/aromatic N) is 4. The number of anilines is 2. The highest BCUT2D eigenvalue weighted by molar-refractivity contribution is 7.80. The van der Waals surface area contributed by atoms with Gasteiger partial charge in [-0.05, 0) is 93.1 Å². The van der Waals surface area contributed by atoms with E-state index >= 15 is 0 Å². The van der Waals surface area contributed by atoms with Gasteiger partial charge in [0.05, 0.1) is 30.9 Å². The summed E-state index contributed by atoms with van der Waals surface area (Å²) in [6, 6.07) is 23.5. The summed E-state index contributed by atoms with van der Waals surface area (Å²) in [5.41, 5.74) is 2.88. The van der Waals surface area contributed by atoms with E-state index in [9.17, 15) is 14.4 Å². The lowest BCUT2D eigenvalue weighted by Crippen LogP contribution is -2.47. The van der Waals surface area contributed by atoms with Crippen LogP contribution in [0.25, 0.3) is 0 Å². The van der Waals surface area contributed by atoms with E-state index in [0.717, 1.165) is 51.4 Å². The summed E-state index contributed by atoms with van der Waals surface area (Å²) in [6.07, 6.45) is 0.737. The van der Waals surface area contributed by atoms with E-state index in [-0.39, 0.29) is 24.8 Å². The van der Waals surface area contributed by atoms with Crippen molar-refractivity contribution in [1.82, 2.24) is 14.7 Å². The monoisotopic (exact) mass is 657 g/mol. The van der Waals surface area contributed by atoms with Gasteiger partial charge in [-0.15, -0.1) is 0 Å². The zero-order valence-corrected chi connectivity index (χ0v) is 27.9. The van der Waals surface area contributed by atoms with Crippen LogP contribution in [0.4, 0.5) is 11.4 Å². The molecule has 0 saturated carbocycles. The first-order valence-electron chi connectivity index (χ1n) is 16.3. The molecule has 47 heavy (non-hydrogen) atoms. The van der Waals surface area contributed by atoms with Crippen LogP contribution in [-0.2, 0) is 20.9 Å². The number of carbonyl (C=O) groups is 3. The third-order valence-electron chi connectivity index (χ3n) is 8.37. The van der Waals surface area contributed by atoms with Crippen LogP contribution >= 0.6 is 12.2 Å². The van der Waals surface area contributed by atoms with Crippen LogP contribution in [-0.4, -0.2) is 96.1 Å². The standard InChI is InChI=1S/C36H43N5O5S/c1-3-45-31-17-13-29(14-18-31)37-33(42)25-32-34(43)41(30-15-11-28(12-16-30)35(44)46-4-2)36(47)40(32)20-8-19-38-21-23-39(24-22-38)26-27-9-6-5-7-10-27/h5-7,9-18,32H,3-4,8,19-26H2,1-2H3,(H,37,42). The summed E-state index contributed by atoms with van der Waals surface area (Å²) < 4.78 is 10.6. The van der Waals surface area contributed by atoms with Crippen LogP contribution in [0.2, 0.25) is 0 Å².